The quantitative estimate of drug-likeness (QED) is 0.560. The number of carbonyl (C=O) groups is 1. The van der Waals surface area contributed by atoms with Crippen molar-refractivity contribution in [3.05, 3.63) is 0 Å². The van der Waals surface area contributed by atoms with Crippen molar-refractivity contribution < 1.29 is 4.79 Å². The van der Waals surface area contributed by atoms with E-state index in [-0.39, 0.29) is 0 Å². The van der Waals surface area contributed by atoms with Crippen LogP contribution in [0.2, 0.25) is 0 Å². The molecule has 0 aromatic heterocycles. The SMILES string of the molecule is CCCC(C)(C)CC(C)(C)CCC=O. The number of aldehydes is 1. The molecule has 0 bridgehead atoms. The summed E-state index contributed by atoms with van der Waals surface area (Å²) in [7, 11) is 0. The molecule has 1 nitrogen and oxygen atoms in total. The topological polar surface area (TPSA) is 17.1 Å². The second kappa shape index (κ2) is 5.53. The predicted molar refractivity (Wildman–Crippen MR) is 62.4 cm³/mol. The molecule has 0 N–H and O–H groups in total. The van der Waals surface area contributed by atoms with Gasteiger partial charge in [-0.2, -0.15) is 0 Å². The van der Waals surface area contributed by atoms with Crippen molar-refractivity contribution in [1.82, 2.24) is 0 Å². The molecule has 84 valence electrons. The zero-order valence-electron chi connectivity index (χ0n) is 10.5. The fraction of sp³-hybridized carbons (Fsp3) is 0.923. The summed E-state index contributed by atoms with van der Waals surface area (Å²) in [5, 5.41) is 0. The average molecular weight is 198 g/mol. The van der Waals surface area contributed by atoms with Crippen molar-refractivity contribution in [2.24, 2.45) is 10.8 Å². The van der Waals surface area contributed by atoms with Gasteiger partial charge in [-0.15, -0.1) is 0 Å². The molecule has 0 saturated carbocycles. The van der Waals surface area contributed by atoms with Gasteiger partial charge in [0.15, 0.2) is 0 Å². The van der Waals surface area contributed by atoms with Gasteiger partial charge in [0.05, 0.1) is 0 Å². The van der Waals surface area contributed by atoms with Crippen LogP contribution in [0.1, 0.15) is 66.7 Å². The summed E-state index contributed by atoms with van der Waals surface area (Å²) < 4.78 is 0. The molecule has 0 spiro atoms. The molecule has 0 heterocycles. The molecule has 0 atom stereocenters. The highest BCUT2D eigenvalue weighted by Gasteiger charge is 2.27. The van der Waals surface area contributed by atoms with E-state index in [1.807, 2.05) is 0 Å². The lowest BCUT2D eigenvalue weighted by molar-refractivity contribution is -0.108. The highest BCUT2D eigenvalue weighted by Crippen LogP contribution is 2.39. The second-order valence-corrected chi connectivity index (χ2v) is 5.96. The minimum atomic E-state index is 0.305. The molecule has 1 heteroatoms. The van der Waals surface area contributed by atoms with Crippen molar-refractivity contribution in [2.45, 2.75) is 66.7 Å². The van der Waals surface area contributed by atoms with Crippen LogP contribution in [0.4, 0.5) is 0 Å². The number of hydrogen-bond donors (Lipinski definition) is 0. The second-order valence-electron chi connectivity index (χ2n) is 5.96. The Bertz CT molecular complexity index is 168. The maximum atomic E-state index is 10.3. The lowest BCUT2D eigenvalue weighted by atomic mass is 9.71. The highest BCUT2D eigenvalue weighted by atomic mass is 16.1. The van der Waals surface area contributed by atoms with Gasteiger partial charge in [0.2, 0.25) is 0 Å². The molecule has 0 rings (SSSR count). The average Bonchev–Trinajstić information content (AvgIpc) is 1.98. The lowest BCUT2D eigenvalue weighted by Gasteiger charge is -2.34. The fourth-order valence-corrected chi connectivity index (χ4v) is 2.60. The molecule has 0 aromatic carbocycles. The first-order valence-electron chi connectivity index (χ1n) is 5.77. The highest BCUT2D eigenvalue weighted by molar-refractivity contribution is 5.49. The standard InChI is InChI=1S/C13H26O/c1-6-8-12(2,3)11-13(4,5)9-7-10-14/h10H,6-9,11H2,1-5H3. The molecule has 0 unspecified atom stereocenters. The van der Waals surface area contributed by atoms with Gasteiger partial charge in [0, 0.05) is 6.42 Å². The van der Waals surface area contributed by atoms with E-state index in [9.17, 15) is 4.79 Å². The molecule has 0 aliphatic carbocycles. The Morgan fingerprint density at radius 3 is 1.93 bits per heavy atom. The van der Waals surface area contributed by atoms with E-state index < -0.39 is 0 Å². The smallest absolute Gasteiger partial charge is 0.120 e. The van der Waals surface area contributed by atoms with Gasteiger partial charge in [-0.05, 0) is 30.1 Å². The maximum absolute atomic E-state index is 10.3. The van der Waals surface area contributed by atoms with Crippen molar-refractivity contribution in [3.63, 3.8) is 0 Å². The van der Waals surface area contributed by atoms with Crippen LogP contribution in [-0.4, -0.2) is 6.29 Å². The molecule has 0 saturated heterocycles. The Morgan fingerprint density at radius 2 is 1.50 bits per heavy atom. The van der Waals surface area contributed by atoms with Crippen molar-refractivity contribution in [1.29, 1.82) is 0 Å². The number of hydrogen-bond acceptors (Lipinski definition) is 1. The van der Waals surface area contributed by atoms with Gasteiger partial charge in [-0.3, -0.25) is 0 Å². The van der Waals surface area contributed by atoms with Crippen LogP contribution in [0.3, 0.4) is 0 Å². The van der Waals surface area contributed by atoms with Crippen LogP contribution >= 0.6 is 0 Å². The number of carbonyl (C=O) groups excluding carboxylic acids is 1. The van der Waals surface area contributed by atoms with Crippen LogP contribution in [0.5, 0.6) is 0 Å². The predicted octanol–water partition coefficient (Wildman–Crippen LogP) is 4.21. The van der Waals surface area contributed by atoms with E-state index in [4.69, 9.17) is 0 Å². The Kier molecular flexibility index (Phi) is 5.40. The summed E-state index contributed by atoms with van der Waals surface area (Å²) in [6.07, 6.45) is 6.49. The van der Waals surface area contributed by atoms with E-state index in [0.717, 1.165) is 12.7 Å². The zero-order valence-corrected chi connectivity index (χ0v) is 10.5. The van der Waals surface area contributed by atoms with Gasteiger partial charge in [-0.25, -0.2) is 0 Å². The van der Waals surface area contributed by atoms with Gasteiger partial charge >= 0.3 is 0 Å². The van der Waals surface area contributed by atoms with Gasteiger partial charge < -0.3 is 4.79 Å². The Balaban J connectivity index is 4.11. The van der Waals surface area contributed by atoms with E-state index >= 15 is 0 Å². The van der Waals surface area contributed by atoms with E-state index in [1.165, 1.54) is 19.3 Å². The molecule has 0 radical (unpaired) electrons. The van der Waals surface area contributed by atoms with Crippen molar-refractivity contribution >= 4 is 6.29 Å². The van der Waals surface area contributed by atoms with Crippen LogP contribution in [0.15, 0.2) is 0 Å². The molecule has 14 heavy (non-hydrogen) atoms. The van der Waals surface area contributed by atoms with Gasteiger partial charge in [0.25, 0.3) is 0 Å². The molecular formula is C13H26O. The normalized spacial score (nSPS) is 12.9. The first-order valence-corrected chi connectivity index (χ1v) is 5.77. The first-order chi connectivity index (χ1) is 6.33. The summed E-state index contributed by atoms with van der Waals surface area (Å²) in [5.41, 5.74) is 0.723. The third kappa shape index (κ3) is 6.17. The monoisotopic (exact) mass is 198 g/mol. The molecule has 0 fully saturated rings. The minimum absolute atomic E-state index is 0.305. The Labute approximate surface area is 89.3 Å². The zero-order chi connectivity index (χ0) is 11.2. The number of rotatable bonds is 7. The first kappa shape index (κ1) is 13.7. The summed E-state index contributed by atoms with van der Waals surface area (Å²) in [5.74, 6) is 0. The molecule has 0 aromatic rings. The third-order valence-electron chi connectivity index (χ3n) is 2.82. The molecule has 0 amide bonds. The van der Waals surface area contributed by atoms with Crippen LogP contribution < -0.4 is 0 Å². The van der Waals surface area contributed by atoms with Crippen molar-refractivity contribution in [2.75, 3.05) is 0 Å². The summed E-state index contributed by atoms with van der Waals surface area (Å²) in [6, 6.07) is 0. The minimum Gasteiger partial charge on any atom is -0.303 e. The molecular weight excluding hydrogens is 172 g/mol. The molecule has 0 aliphatic heterocycles. The Hall–Kier alpha value is -0.330. The Morgan fingerprint density at radius 1 is 1.00 bits per heavy atom. The largest absolute Gasteiger partial charge is 0.303 e. The maximum Gasteiger partial charge on any atom is 0.120 e. The van der Waals surface area contributed by atoms with E-state index in [0.29, 0.717) is 17.3 Å². The van der Waals surface area contributed by atoms with E-state index in [2.05, 4.69) is 34.6 Å². The third-order valence-corrected chi connectivity index (χ3v) is 2.82. The lowest BCUT2D eigenvalue weighted by Crippen LogP contribution is -2.23. The van der Waals surface area contributed by atoms with Crippen LogP contribution in [0, 0.1) is 10.8 Å². The van der Waals surface area contributed by atoms with Gasteiger partial charge in [0.1, 0.15) is 6.29 Å². The summed E-state index contributed by atoms with van der Waals surface area (Å²) in [6.45, 7) is 11.4. The van der Waals surface area contributed by atoms with Crippen molar-refractivity contribution in [3.8, 4) is 0 Å². The van der Waals surface area contributed by atoms with Crippen LogP contribution in [0.25, 0.3) is 0 Å². The van der Waals surface area contributed by atoms with Gasteiger partial charge in [-0.1, -0.05) is 41.0 Å². The fourth-order valence-electron chi connectivity index (χ4n) is 2.60. The molecule has 0 aliphatic rings. The summed E-state index contributed by atoms with van der Waals surface area (Å²) >= 11 is 0. The summed E-state index contributed by atoms with van der Waals surface area (Å²) in [4.78, 5) is 10.3. The van der Waals surface area contributed by atoms with E-state index in [1.54, 1.807) is 0 Å². The van der Waals surface area contributed by atoms with Crippen LogP contribution in [-0.2, 0) is 4.79 Å².